The van der Waals surface area contributed by atoms with Gasteiger partial charge in [-0.2, -0.15) is 5.26 Å². The van der Waals surface area contributed by atoms with E-state index in [-0.39, 0.29) is 5.76 Å². The van der Waals surface area contributed by atoms with Crippen LogP contribution in [0.1, 0.15) is 5.56 Å². The van der Waals surface area contributed by atoms with Crippen molar-refractivity contribution in [3.05, 3.63) is 47.4 Å². The van der Waals surface area contributed by atoms with Gasteiger partial charge >= 0.3 is 0 Å². The van der Waals surface area contributed by atoms with Gasteiger partial charge in [-0.3, -0.25) is 4.99 Å². The van der Waals surface area contributed by atoms with Crippen LogP contribution in [0.5, 0.6) is 0 Å². The summed E-state index contributed by atoms with van der Waals surface area (Å²) in [6.45, 7) is 0. The van der Waals surface area contributed by atoms with Gasteiger partial charge in [-0.1, -0.05) is 30.3 Å². The molecule has 1 aliphatic rings. The number of ether oxygens (including phenoxy) is 3. The highest BCUT2D eigenvalue weighted by molar-refractivity contribution is 6.12. The monoisotopic (exact) mass is 287 g/mol. The number of nitrogens with two attached hydrogens (primary N) is 1. The molecule has 0 saturated heterocycles. The summed E-state index contributed by atoms with van der Waals surface area (Å²) in [6, 6.07) is 11.5. The first-order valence-electron chi connectivity index (χ1n) is 6.33. The number of rotatable bonds is 4. The Bertz CT molecular complexity index is 619. The van der Waals surface area contributed by atoms with Crippen molar-refractivity contribution < 1.29 is 14.2 Å². The predicted molar refractivity (Wildman–Crippen MR) is 77.4 cm³/mol. The second kappa shape index (κ2) is 5.95. The van der Waals surface area contributed by atoms with Crippen molar-refractivity contribution in [1.82, 2.24) is 0 Å². The molecule has 0 bridgehead atoms. The average molecular weight is 287 g/mol. The number of benzene rings is 1. The molecule has 0 aliphatic carbocycles. The molecule has 0 radical (unpaired) electrons. The minimum absolute atomic E-state index is 0.219. The number of methoxy groups -OCH3 is 3. The molecule has 1 aliphatic heterocycles. The Balaban J connectivity index is 2.66. The van der Waals surface area contributed by atoms with Crippen molar-refractivity contribution in [1.29, 1.82) is 5.26 Å². The Hall–Kier alpha value is -2.36. The average Bonchev–Trinajstić information content (AvgIpc) is 2.54. The number of dihydropyridines is 1. The molecule has 21 heavy (non-hydrogen) atoms. The smallest absolute Gasteiger partial charge is 0.250 e. The second-order valence-corrected chi connectivity index (χ2v) is 4.41. The zero-order valence-corrected chi connectivity index (χ0v) is 12.2. The van der Waals surface area contributed by atoms with Gasteiger partial charge in [0.05, 0.1) is 14.2 Å². The van der Waals surface area contributed by atoms with Gasteiger partial charge < -0.3 is 19.9 Å². The molecule has 6 nitrogen and oxygen atoms in total. The molecule has 1 aromatic rings. The summed E-state index contributed by atoms with van der Waals surface area (Å²) in [6.07, 6.45) is -0.920. The summed E-state index contributed by atoms with van der Waals surface area (Å²) in [5.41, 5.74) is 5.89. The SMILES string of the molecule is COC1=C(OC)C(C#N)(OC)C(N)N=C1c1ccccc1. The maximum absolute atomic E-state index is 9.49. The number of aliphatic imine (C=N–C) groups is 1. The zero-order valence-electron chi connectivity index (χ0n) is 12.2. The van der Waals surface area contributed by atoms with Gasteiger partial charge in [-0.25, -0.2) is 0 Å². The summed E-state index contributed by atoms with van der Waals surface area (Å²) >= 11 is 0. The van der Waals surface area contributed by atoms with Crippen LogP contribution in [-0.4, -0.2) is 38.8 Å². The van der Waals surface area contributed by atoms with Crippen molar-refractivity contribution in [2.24, 2.45) is 10.7 Å². The lowest BCUT2D eigenvalue weighted by molar-refractivity contribution is -0.00207. The van der Waals surface area contributed by atoms with Gasteiger partial charge in [0.15, 0.2) is 11.5 Å². The van der Waals surface area contributed by atoms with Gasteiger partial charge in [0.2, 0.25) is 0 Å². The molecule has 1 heterocycles. The highest BCUT2D eigenvalue weighted by Gasteiger charge is 2.49. The summed E-state index contributed by atoms with van der Waals surface area (Å²) in [5.74, 6) is 0.560. The van der Waals surface area contributed by atoms with Crippen molar-refractivity contribution in [3.8, 4) is 6.07 Å². The lowest BCUT2D eigenvalue weighted by Crippen LogP contribution is -2.53. The maximum atomic E-state index is 9.49. The van der Waals surface area contributed by atoms with E-state index in [9.17, 15) is 5.26 Å². The molecule has 0 aromatic heterocycles. The largest absolute Gasteiger partial charge is 0.493 e. The van der Waals surface area contributed by atoms with Crippen molar-refractivity contribution >= 4 is 5.71 Å². The fourth-order valence-corrected chi connectivity index (χ4v) is 2.31. The van der Waals surface area contributed by atoms with Gasteiger partial charge in [0.25, 0.3) is 5.60 Å². The van der Waals surface area contributed by atoms with Crippen LogP contribution in [-0.2, 0) is 14.2 Å². The molecule has 2 unspecified atom stereocenters. The van der Waals surface area contributed by atoms with E-state index in [1.54, 1.807) is 0 Å². The minimum Gasteiger partial charge on any atom is -0.493 e. The van der Waals surface area contributed by atoms with Crippen LogP contribution >= 0.6 is 0 Å². The number of allylic oxidation sites excluding steroid dienone is 1. The van der Waals surface area contributed by atoms with Crippen LogP contribution in [0.4, 0.5) is 0 Å². The van der Waals surface area contributed by atoms with E-state index < -0.39 is 11.8 Å². The molecular formula is C15H17N3O3. The Morgan fingerprint density at radius 1 is 1.19 bits per heavy atom. The quantitative estimate of drug-likeness (QED) is 0.898. The molecule has 0 amide bonds. The first-order valence-corrected chi connectivity index (χ1v) is 6.33. The fraction of sp³-hybridized carbons (Fsp3) is 0.333. The fourth-order valence-electron chi connectivity index (χ4n) is 2.31. The minimum atomic E-state index is -1.50. The predicted octanol–water partition coefficient (Wildman–Crippen LogP) is 1.19. The van der Waals surface area contributed by atoms with Gasteiger partial charge in [0, 0.05) is 12.7 Å². The zero-order chi connectivity index (χ0) is 15.5. The molecule has 1 aromatic carbocycles. The summed E-state index contributed by atoms with van der Waals surface area (Å²) in [4.78, 5) is 4.38. The van der Waals surface area contributed by atoms with E-state index in [1.165, 1.54) is 21.3 Å². The highest BCUT2D eigenvalue weighted by atomic mass is 16.6. The van der Waals surface area contributed by atoms with E-state index in [0.717, 1.165) is 5.56 Å². The molecule has 0 saturated carbocycles. The first-order chi connectivity index (χ1) is 10.1. The van der Waals surface area contributed by atoms with Crippen LogP contribution in [0, 0.1) is 11.3 Å². The topological polar surface area (TPSA) is 89.9 Å². The molecule has 0 fully saturated rings. The standard InChI is InChI=1S/C15H17N3O3/c1-19-12-11(10-7-5-4-6-8-10)18-14(17)15(9-16,21-3)13(12)20-2/h4-8,14H,17H2,1-3H3. The number of nitrogens with zero attached hydrogens (tertiary/aromatic N) is 2. The van der Waals surface area contributed by atoms with Crippen molar-refractivity contribution in [2.45, 2.75) is 11.8 Å². The third-order valence-electron chi connectivity index (χ3n) is 3.39. The Morgan fingerprint density at radius 3 is 2.33 bits per heavy atom. The van der Waals surface area contributed by atoms with Gasteiger partial charge in [-0.15, -0.1) is 0 Å². The van der Waals surface area contributed by atoms with Crippen LogP contribution in [0.2, 0.25) is 0 Å². The first kappa shape index (κ1) is 15.0. The summed E-state index contributed by atoms with van der Waals surface area (Å²) < 4.78 is 16.1. The third-order valence-corrected chi connectivity index (χ3v) is 3.39. The number of nitriles is 1. The van der Waals surface area contributed by atoms with Gasteiger partial charge in [0.1, 0.15) is 17.9 Å². The molecule has 0 spiro atoms. The lowest BCUT2D eigenvalue weighted by atomic mass is 9.92. The molecule has 110 valence electrons. The van der Waals surface area contributed by atoms with E-state index in [4.69, 9.17) is 19.9 Å². The van der Waals surface area contributed by atoms with E-state index in [0.29, 0.717) is 11.5 Å². The number of hydrogen-bond donors (Lipinski definition) is 1. The number of hydrogen-bond acceptors (Lipinski definition) is 6. The normalized spacial score (nSPS) is 25.1. The Kier molecular flexibility index (Phi) is 4.26. The Morgan fingerprint density at radius 2 is 1.86 bits per heavy atom. The van der Waals surface area contributed by atoms with Crippen LogP contribution in [0.15, 0.2) is 46.8 Å². The molecular weight excluding hydrogens is 270 g/mol. The molecule has 2 atom stereocenters. The van der Waals surface area contributed by atoms with Gasteiger partial charge in [-0.05, 0) is 0 Å². The van der Waals surface area contributed by atoms with Crippen molar-refractivity contribution in [3.63, 3.8) is 0 Å². The lowest BCUT2D eigenvalue weighted by Gasteiger charge is -2.35. The van der Waals surface area contributed by atoms with Crippen molar-refractivity contribution in [2.75, 3.05) is 21.3 Å². The maximum Gasteiger partial charge on any atom is 0.250 e. The van der Waals surface area contributed by atoms with E-state index >= 15 is 0 Å². The molecule has 2 N–H and O–H groups in total. The van der Waals surface area contributed by atoms with E-state index in [2.05, 4.69) is 4.99 Å². The van der Waals surface area contributed by atoms with Crippen LogP contribution < -0.4 is 5.73 Å². The van der Waals surface area contributed by atoms with Crippen LogP contribution in [0.25, 0.3) is 0 Å². The third kappa shape index (κ3) is 2.27. The summed E-state index contributed by atoms with van der Waals surface area (Å²) in [7, 11) is 4.32. The summed E-state index contributed by atoms with van der Waals surface area (Å²) in [5, 5.41) is 9.49. The molecule has 2 rings (SSSR count). The second-order valence-electron chi connectivity index (χ2n) is 4.41. The van der Waals surface area contributed by atoms with E-state index in [1.807, 2.05) is 36.4 Å². The highest BCUT2D eigenvalue weighted by Crippen LogP contribution is 2.34. The Labute approximate surface area is 123 Å². The van der Waals surface area contributed by atoms with Crippen LogP contribution in [0.3, 0.4) is 0 Å². The molecule has 6 heteroatoms.